The maximum absolute atomic E-state index is 12.4. The Morgan fingerprint density at radius 3 is 2.94 bits per heavy atom. The molecule has 1 aliphatic carbocycles. The van der Waals surface area contributed by atoms with Crippen molar-refractivity contribution in [3.63, 3.8) is 0 Å². The number of aliphatic hydroxyl groups excluding tert-OH is 1. The number of carbonyl (C=O) groups excluding carboxylic acids is 1. The second kappa shape index (κ2) is 5.76. The first-order chi connectivity index (χ1) is 8.63. The fourth-order valence-corrected chi connectivity index (χ4v) is 2.72. The third-order valence-corrected chi connectivity index (χ3v) is 4.02. The van der Waals surface area contributed by atoms with Crippen LogP contribution in [0.15, 0.2) is 23.4 Å². The van der Waals surface area contributed by atoms with Crippen LogP contribution in [0.5, 0.6) is 0 Å². The lowest BCUT2D eigenvalue weighted by molar-refractivity contribution is -0.131. The van der Waals surface area contributed by atoms with Gasteiger partial charge in [-0.25, -0.2) is 0 Å². The molecule has 18 heavy (non-hydrogen) atoms. The molecule has 0 radical (unpaired) electrons. The molecule has 1 aliphatic heterocycles. The van der Waals surface area contributed by atoms with E-state index in [0.29, 0.717) is 24.2 Å². The highest BCUT2D eigenvalue weighted by Crippen LogP contribution is 2.25. The van der Waals surface area contributed by atoms with Crippen molar-refractivity contribution in [2.45, 2.75) is 37.1 Å². The predicted molar refractivity (Wildman–Crippen MR) is 71.0 cm³/mol. The van der Waals surface area contributed by atoms with Gasteiger partial charge in [-0.05, 0) is 31.8 Å². The number of piperidine rings is 1. The van der Waals surface area contributed by atoms with Gasteiger partial charge in [-0.2, -0.15) is 0 Å². The number of nitrogens with zero attached hydrogens (tertiary/aromatic N) is 1. The zero-order chi connectivity index (χ0) is 13.1. The SMILES string of the molecule is NC1=CC=C(C(=O)N2CCCCC2CO)CC1Cl. The minimum absolute atomic E-state index is 0.0110. The summed E-state index contributed by atoms with van der Waals surface area (Å²) in [7, 11) is 0. The topological polar surface area (TPSA) is 66.6 Å². The first kappa shape index (κ1) is 13.4. The van der Waals surface area contributed by atoms with Gasteiger partial charge in [-0.3, -0.25) is 4.79 Å². The van der Waals surface area contributed by atoms with Gasteiger partial charge in [0.05, 0.1) is 18.0 Å². The zero-order valence-corrected chi connectivity index (χ0v) is 11.1. The van der Waals surface area contributed by atoms with Crippen LogP contribution in [0.1, 0.15) is 25.7 Å². The summed E-state index contributed by atoms with van der Waals surface area (Å²) < 4.78 is 0. The highest BCUT2D eigenvalue weighted by molar-refractivity contribution is 6.23. The van der Waals surface area contributed by atoms with Gasteiger partial charge in [-0.1, -0.05) is 6.08 Å². The average Bonchev–Trinajstić information content (AvgIpc) is 2.41. The van der Waals surface area contributed by atoms with Gasteiger partial charge < -0.3 is 15.7 Å². The quantitative estimate of drug-likeness (QED) is 0.740. The number of carbonyl (C=O) groups is 1. The van der Waals surface area contributed by atoms with Gasteiger partial charge >= 0.3 is 0 Å². The van der Waals surface area contributed by atoms with E-state index in [-0.39, 0.29) is 23.9 Å². The Labute approximate surface area is 112 Å². The predicted octanol–water partition coefficient (Wildman–Crippen LogP) is 1.14. The fraction of sp³-hybridized carbons (Fsp3) is 0.615. The molecule has 2 atom stereocenters. The van der Waals surface area contributed by atoms with Crippen LogP contribution in [0.2, 0.25) is 0 Å². The summed E-state index contributed by atoms with van der Waals surface area (Å²) in [5.74, 6) is -0.0110. The number of alkyl halides is 1. The van der Waals surface area contributed by atoms with Gasteiger partial charge in [-0.15, -0.1) is 11.6 Å². The lowest BCUT2D eigenvalue weighted by Crippen LogP contribution is -2.46. The number of nitrogens with two attached hydrogens (primary N) is 1. The number of allylic oxidation sites excluding steroid dienone is 3. The molecule has 0 aromatic heterocycles. The Kier molecular flexibility index (Phi) is 4.30. The van der Waals surface area contributed by atoms with Crippen LogP contribution in [0.25, 0.3) is 0 Å². The van der Waals surface area contributed by atoms with Gasteiger partial charge in [0.1, 0.15) is 0 Å². The minimum atomic E-state index is -0.300. The van der Waals surface area contributed by atoms with Crippen molar-refractivity contribution >= 4 is 17.5 Å². The fourth-order valence-electron chi connectivity index (χ4n) is 2.48. The van der Waals surface area contributed by atoms with Crippen LogP contribution in [0, 0.1) is 0 Å². The van der Waals surface area contributed by atoms with Crippen molar-refractivity contribution in [1.82, 2.24) is 4.90 Å². The molecule has 0 spiro atoms. The first-order valence-electron chi connectivity index (χ1n) is 6.35. The van der Waals surface area contributed by atoms with Crippen molar-refractivity contribution in [3.8, 4) is 0 Å². The van der Waals surface area contributed by atoms with E-state index in [1.807, 2.05) is 0 Å². The van der Waals surface area contributed by atoms with E-state index in [0.717, 1.165) is 19.3 Å². The van der Waals surface area contributed by atoms with Crippen LogP contribution in [0.4, 0.5) is 0 Å². The second-order valence-corrected chi connectivity index (χ2v) is 5.39. The largest absolute Gasteiger partial charge is 0.401 e. The molecule has 2 unspecified atom stereocenters. The molecular formula is C13H19ClN2O2. The number of amides is 1. The molecule has 1 saturated heterocycles. The summed E-state index contributed by atoms with van der Waals surface area (Å²) in [5, 5.41) is 9.03. The summed E-state index contributed by atoms with van der Waals surface area (Å²) in [5.41, 5.74) is 6.98. The molecule has 1 heterocycles. The molecule has 4 nitrogen and oxygen atoms in total. The number of halogens is 1. The lowest BCUT2D eigenvalue weighted by Gasteiger charge is -2.35. The summed E-state index contributed by atoms with van der Waals surface area (Å²) in [6, 6.07) is -0.0517. The van der Waals surface area contributed by atoms with Crippen LogP contribution in [-0.4, -0.2) is 40.5 Å². The smallest absolute Gasteiger partial charge is 0.250 e. The van der Waals surface area contributed by atoms with Crippen LogP contribution < -0.4 is 5.73 Å². The lowest BCUT2D eigenvalue weighted by atomic mass is 9.97. The van der Waals surface area contributed by atoms with Crippen LogP contribution >= 0.6 is 11.6 Å². The Balaban J connectivity index is 2.11. The molecule has 100 valence electrons. The molecule has 0 aromatic rings. The maximum atomic E-state index is 12.4. The average molecular weight is 271 g/mol. The highest BCUT2D eigenvalue weighted by atomic mass is 35.5. The molecule has 1 amide bonds. The van der Waals surface area contributed by atoms with E-state index < -0.39 is 0 Å². The number of likely N-dealkylation sites (tertiary alicyclic amines) is 1. The van der Waals surface area contributed by atoms with E-state index in [4.69, 9.17) is 17.3 Å². The van der Waals surface area contributed by atoms with Gasteiger partial charge in [0.15, 0.2) is 0 Å². The summed E-state index contributed by atoms with van der Waals surface area (Å²) in [4.78, 5) is 14.2. The molecule has 5 heteroatoms. The van der Waals surface area contributed by atoms with Crippen molar-refractivity contribution in [1.29, 1.82) is 0 Å². The van der Waals surface area contributed by atoms with E-state index in [1.54, 1.807) is 17.1 Å². The summed E-state index contributed by atoms with van der Waals surface area (Å²) in [6.07, 6.45) is 6.86. The number of hydrogen-bond acceptors (Lipinski definition) is 3. The standard InChI is InChI=1S/C13H19ClN2O2/c14-11-7-9(4-5-12(11)15)13(18)16-6-2-1-3-10(16)8-17/h4-5,10-11,17H,1-3,6-8,15H2. The molecule has 1 fully saturated rings. The maximum Gasteiger partial charge on any atom is 0.250 e. The Morgan fingerprint density at radius 1 is 1.50 bits per heavy atom. The minimum Gasteiger partial charge on any atom is -0.401 e. The van der Waals surface area contributed by atoms with Crippen molar-refractivity contribution < 1.29 is 9.90 Å². The molecular weight excluding hydrogens is 252 g/mol. The molecule has 0 saturated carbocycles. The molecule has 3 N–H and O–H groups in total. The third kappa shape index (κ3) is 2.70. The van der Waals surface area contributed by atoms with Crippen LogP contribution in [-0.2, 0) is 4.79 Å². The van der Waals surface area contributed by atoms with Gasteiger partial charge in [0.2, 0.25) is 5.91 Å². The van der Waals surface area contributed by atoms with Crippen LogP contribution in [0.3, 0.4) is 0 Å². The van der Waals surface area contributed by atoms with Crippen molar-refractivity contribution in [2.75, 3.05) is 13.2 Å². The normalized spacial score (nSPS) is 28.7. The Bertz CT molecular complexity index is 392. The Hall–Kier alpha value is -1.00. The first-order valence-corrected chi connectivity index (χ1v) is 6.79. The van der Waals surface area contributed by atoms with Gasteiger partial charge in [0, 0.05) is 17.8 Å². The molecule has 0 bridgehead atoms. The number of aliphatic hydroxyl groups is 1. The Morgan fingerprint density at radius 2 is 2.28 bits per heavy atom. The van der Waals surface area contributed by atoms with E-state index in [2.05, 4.69) is 0 Å². The van der Waals surface area contributed by atoms with Crippen molar-refractivity contribution in [2.24, 2.45) is 5.73 Å². The summed E-state index contributed by atoms with van der Waals surface area (Å²) >= 11 is 6.06. The molecule has 0 aromatic carbocycles. The summed E-state index contributed by atoms with van der Waals surface area (Å²) in [6.45, 7) is 0.745. The van der Waals surface area contributed by atoms with E-state index in [9.17, 15) is 9.90 Å². The molecule has 2 aliphatic rings. The number of rotatable bonds is 2. The van der Waals surface area contributed by atoms with E-state index in [1.165, 1.54) is 0 Å². The monoisotopic (exact) mass is 270 g/mol. The van der Waals surface area contributed by atoms with E-state index >= 15 is 0 Å². The van der Waals surface area contributed by atoms with Gasteiger partial charge in [0.25, 0.3) is 0 Å². The zero-order valence-electron chi connectivity index (χ0n) is 10.3. The molecule has 2 rings (SSSR count). The number of hydrogen-bond donors (Lipinski definition) is 2. The van der Waals surface area contributed by atoms with Crippen molar-refractivity contribution in [3.05, 3.63) is 23.4 Å². The third-order valence-electron chi connectivity index (χ3n) is 3.61. The highest BCUT2D eigenvalue weighted by Gasteiger charge is 2.29. The second-order valence-electron chi connectivity index (χ2n) is 4.86.